The predicted molar refractivity (Wildman–Crippen MR) is 76.7 cm³/mol. The molecule has 2 N–H and O–H groups in total. The van der Waals surface area contributed by atoms with Crippen molar-refractivity contribution in [1.29, 1.82) is 0 Å². The van der Waals surface area contributed by atoms with Gasteiger partial charge in [0, 0.05) is 34.8 Å². The van der Waals surface area contributed by atoms with Crippen molar-refractivity contribution in [1.82, 2.24) is 0 Å². The van der Waals surface area contributed by atoms with Crippen LogP contribution in [0.1, 0.15) is 11.1 Å². The molecular weight excluding hydrogens is 299 g/mol. The molecule has 0 saturated heterocycles. The third-order valence-corrected chi connectivity index (χ3v) is 3.11. The lowest BCUT2D eigenvalue weighted by Crippen LogP contribution is -2.04. The summed E-state index contributed by atoms with van der Waals surface area (Å²) < 4.78 is 19.1. The molecule has 0 atom stereocenters. The van der Waals surface area contributed by atoms with E-state index >= 15 is 0 Å². The molecule has 5 nitrogen and oxygen atoms in total. The van der Waals surface area contributed by atoms with Gasteiger partial charge in [-0.25, -0.2) is 4.39 Å². The summed E-state index contributed by atoms with van der Waals surface area (Å²) in [6, 6.07) is 8.38. The van der Waals surface area contributed by atoms with E-state index in [1.807, 2.05) is 0 Å². The summed E-state index contributed by atoms with van der Waals surface area (Å²) in [5, 5.41) is 11.0. The van der Waals surface area contributed by atoms with Gasteiger partial charge in [0.05, 0.1) is 4.92 Å². The highest BCUT2D eigenvalue weighted by atomic mass is 35.5. The maximum absolute atomic E-state index is 13.6. The number of ether oxygens (including phenoxy) is 1. The third-order valence-electron chi connectivity index (χ3n) is 2.87. The van der Waals surface area contributed by atoms with E-state index in [0.29, 0.717) is 21.9 Å². The number of nitrogens with two attached hydrogens (primary N) is 1. The highest BCUT2D eigenvalue weighted by Gasteiger charge is 2.12. The second-order valence-electron chi connectivity index (χ2n) is 4.28. The van der Waals surface area contributed by atoms with Crippen LogP contribution in [0.2, 0.25) is 5.02 Å². The van der Waals surface area contributed by atoms with Gasteiger partial charge in [-0.2, -0.15) is 0 Å². The molecule has 0 aromatic heterocycles. The fourth-order valence-corrected chi connectivity index (χ4v) is 1.93. The van der Waals surface area contributed by atoms with Gasteiger partial charge >= 0.3 is 0 Å². The maximum atomic E-state index is 13.6. The second kappa shape index (κ2) is 6.51. The van der Waals surface area contributed by atoms with Crippen molar-refractivity contribution in [2.24, 2.45) is 5.73 Å². The molecule has 0 radical (unpaired) electrons. The van der Waals surface area contributed by atoms with E-state index in [0.717, 1.165) is 0 Å². The molecule has 21 heavy (non-hydrogen) atoms. The Kier molecular flexibility index (Phi) is 4.72. The summed E-state index contributed by atoms with van der Waals surface area (Å²) in [5.41, 5.74) is 6.29. The minimum Gasteiger partial charge on any atom is -0.488 e. The van der Waals surface area contributed by atoms with Crippen LogP contribution in [-0.2, 0) is 13.2 Å². The monoisotopic (exact) mass is 310 g/mol. The van der Waals surface area contributed by atoms with Crippen LogP contribution in [0.3, 0.4) is 0 Å². The van der Waals surface area contributed by atoms with Gasteiger partial charge in [-0.05, 0) is 18.2 Å². The zero-order valence-electron chi connectivity index (χ0n) is 10.9. The molecule has 2 aromatic rings. The van der Waals surface area contributed by atoms with Crippen LogP contribution in [-0.4, -0.2) is 4.92 Å². The van der Waals surface area contributed by atoms with Crippen molar-refractivity contribution in [2.75, 3.05) is 0 Å². The first-order valence-electron chi connectivity index (χ1n) is 6.05. The number of nitro groups is 1. The quantitative estimate of drug-likeness (QED) is 0.678. The summed E-state index contributed by atoms with van der Waals surface area (Å²) in [6.45, 7) is 0.0634. The molecule has 0 unspecified atom stereocenters. The zero-order valence-corrected chi connectivity index (χ0v) is 11.6. The molecule has 0 heterocycles. The second-order valence-corrected chi connectivity index (χ2v) is 4.71. The van der Waals surface area contributed by atoms with Crippen molar-refractivity contribution >= 4 is 17.3 Å². The molecule has 0 bridgehead atoms. The van der Waals surface area contributed by atoms with E-state index < -0.39 is 10.7 Å². The first-order chi connectivity index (χ1) is 10.0. The summed E-state index contributed by atoms with van der Waals surface area (Å²) in [7, 11) is 0. The fraction of sp³-hybridized carbons (Fsp3) is 0.143. The van der Waals surface area contributed by atoms with Crippen LogP contribution in [0.4, 0.5) is 10.1 Å². The van der Waals surface area contributed by atoms with Crippen molar-refractivity contribution in [3.05, 3.63) is 68.5 Å². The Labute approximate surface area is 125 Å². The minimum atomic E-state index is -0.512. The Morgan fingerprint density at radius 1 is 1.24 bits per heavy atom. The van der Waals surface area contributed by atoms with Crippen molar-refractivity contribution < 1.29 is 14.1 Å². The fourth-order valence-electron chi connectivity index (χ4n) is 1.77. The topological polar surface area (TPSA) is 78.4 Å². The Bertz CT molecular complexity index is 679. The van der Waals surface area contributed by atoms with Crippen molar-refractivity contribution in [2.45, 2.75) is 13.2 Å². The van der Waals surface area contributed by atoms with E-state index in [1.165, 1.54) is 30.3 Å². The molecular formula is C14H12ClFN2O3. The average Bonchev–Trinajstić information content (AvgIpc) is 2.46. The third kappa shape index (κ3) is 3.68. The molecule has 0 saturated carbocycles. The number of rotatable bonds is 5. The maximum Gasteiger partial charge on any atom is 0.270 e. The van der Waals surface area contributed by atoms with Crippen LogP contribution in [0.5, 0.6) is 5.75 Å². The van der Waals surface area contributed by atoms with E-state index in [9.17, 15) is 14.5 Å². The number of hydrogen-bond donors (Lipinski definition) is 1. The van der Waals surface area contributed by atoms with Crippen molar-refractivity contribution in [3.8, 4) is 5.75 Å². The average molecular weight is 311 g/mol. The molecule has 2 rings (SSSR count). The number of nitro benzene ring substituents is 1. The first-order valence-corrected chi connectivity index (χ1v) is 6.43. The van der Waals surface area contributed by atoms with Gasteiger partial charge in [0.25, 0.3) is 5.69 Å². The Hall–Kier alpha value is -2.18. The highest BCUT2D eigenvalue weighted by Crippen LogP contribution is 2.25. The smallest absolute Gasteiger partial charge is 0.270 e. The van der Waals surface area contributed by atoms with Crippen molar-refractivity contribution in [3.63, 3.8) is 0 Å². The van der Waals surface area contributed by atoms with Gasteiger partial charge in [0.1, 0.15) is 18.2 Å². The number of non-ortho nitro benzene ring substituents is 1. The van der Waals surface area contributed by atoms with E-state index in [4.69, 9.17) is 22.1 Å². The first kappa shape index (κ1) is 15.2. The lowest BCUT2D eigenvalue weighted by Gasteiger charge is -2.11. The van der Waals surface area contributed by atoms with E-state index in [-0.39, 0.29) is 18.8 Å². The van der Waals surface area contributed by atoms with Gasteiger partial charge in [-0.15, -0.1) is 0 Å². The number of nitrogens with zero attached hydrogens (tertiary/aromatic N) is 1. The van der Waals surface area contributed by atoms with Crippen LogP contribution in [0.25, 0.3) is 0 Å². The van der Waals surface area contributed by atoms with E-state index in [2.05, 4.69) is 0 Å². The van der Waals surface area contributed by atoms with Gasteiger partial charge in [-0.1, -0.05) is 17.7 Å². The zero-order chi connectivity index (χ0) is 15.4. The summed E-state index contributed by atoms with van der Waals surface area (Å²) >= 11 is 5.67. The Morgan fingerprint density at radius 3 is 2.62 bits per heavy atom. The lowest BCUT2D eigenvalue weighted by atomic mass is 10.1. The van der Waals surface area contributed by atoms with Crippen LogP contribution in [0, 0.1) is 15.9 Å². The summed E-state index contributed by atoms with van der Waals surface area (Å²) in [4.78, 5) is 10.2. The summed E-state index contributed by atoms with van der Waals surface area (Å²) in [6.07, 6.45) is 0. The van der Waals surface area contributed by atoms with Crippen LogP contribution >= 0.6 is 11.6 Å². The van der Waals surface area contributed by atoms with Gasteiger partial charge in [0.15, 0.2) is 0 Å². The SMILES string of the molecule is NCc1cc([N+](=O)[O-])ccc1OCc1ccc(Cl)cc1F. The number of hydrogen-bond acceptors (Lipinski definition) is 4. The molecule has 0 aliphatic rings. The summed E-state index contributed by atoms with van der Waals surface area (Å²) in [5.74, 6) is -0.0869. The molecule has 0 aliphatic heterocycles. The highest BCUT2D eigenvalue weighted by molar-refractivity contribution is 6.30. The largest absolute Gasteiger partial charge is 0.488 e. The lowest BCUT2D eigenvalue weighted by molar-refractivity contribution is -0.384. The molecule has 2 aromatic carbocycles. The standard InChI is InChI=1S/C14H12ClFN2O3/c15-11-2-1-9(13(16)6-11)8-21-14-4-3-12(18(19)20)5-10(14)7-17/h1-6H,7-8,17H2. The predicted octanol–water partition coefficient (Wildman–Crippen LogP) is 3.43. The van der Waals surface area contributed by atoms with Gasteiger partial charge in [-0.3, -0.25) is 10.1 Å². The molecule has 0 fully saturated rings. The van der Waals surface area contributed by atoms with E-state index in [1.54, 1.807) is 6.07 Å². The molecule has 0 spiro atoms. The number of halogens is 2. The number of benzene rings is 2. The molecule has 0 amide bonds. The van der Waals surface area contributed by atoms with Gasteiger partial charge < -0.3 is 10.5 Å². The van der Waals surface area contributed by atoms with Gasteiger partial charge in [0.2, 0.25) is 0 Å². The Balaban J connectivity index is 2.17. The molecule has 7 heteroatoms. The Morgan fingerprint density at radius 2 is 2.00 bits per heavy atom. The molecule has 110 valence electrons. The van der Waals surface area contributed by atoms with Crippen LogP contribution in [0.15, 0.2) is 36.4 Å². The molecule has 0 aliphatic carbocycles. The van der Waals surface area contributed by atoms with Crippen LogP contribution < -0.4 is 10.5 Å². The minimum absolute atomic E-state index is 0.0200. The normalized spacial score (nSPS) is 10.4.